The second-order valence-corrected chi connectivity index (χ2v) is 6.88. The number of amides is 1. The van der Waals surface area contributed by atoms with Gasteiger partial charge >= 0.3 is 6.09 Å². The highest BCUT2D eigenvalue weighted by Gasteiger charge is 2.27. The number of halogens is 1. The second kappa shape index (κ2) is 6.62. The number of rotatable bonds is 3. The third-order valence-corrected chi connectivity index (χ3v) is 3.69. The third-order valence-electron chi connectivity index (χ3n) is 3.39. The Morgan fingerprint density at radius 2 is 2.17 bits per heavy atom. The lowest BCUT2D eigenvalue weighted by atomic mass is 10.2. The molecule has 1 aliphatic heterocycles. The lowest BCUT2D eigenvalue weighted by molar-refractivity contribution is -0.384. The summed E-state index contributed by atoms with van der Waals surface area (Å²) in [6.45, 7) is 6.72. The van der Waals surface area contributed by atoms with Gasteiger partial charge in [0.25, 0.3) is 5.69 Å². The van der Waals surface area contributed by atoms with Crippen LogP contribution in [0.1, 0.15) is 27.2 Å². The van der Waals surface area contributed by atoms with Crippen LogP contribution in [-0.4, -0.2) is 35.7 Å². The molecular weight excluding hydrogens is 322 g/mol. The molecule has 23 heavy (non-hydrogen) atoms. The Bertz CT molecular complexity index is 615. The molecule has 8 heteroatoms. The summed E-state index contributed by atoms with van der Waals surface area (Å²) in [7, 11) is 0. The van der Waals surface area contributed by atoms with Crippen molar-refractivity contribution < 1.29 is 14.5 Å². The van der Waals surface area contributed by atoms with E-state index in [4.69, 9.17) is 16.3 Å². The monoisotopic (exact) mass is 341 g/mol. The fourth-order valence-electron chi connectivity index (χ4n) is 2.44. The largest absolute Gasteiger partial charge is 0.444 e. The highest BCUT2D eigenvalue weighted by Crippen LogP contribution is 2.31. The molecule has 0 aromatic heterocycles. The average Bonchev–Trinajstić information content (AvgIpc) is 2.84. The summed E-state index contributed by atoms with van der Waals surface area (Å²) in [6, 6.07) is 4.36. The minimum atomic E-state index is -0.538. The predicted octanol–water partition coefficient (Wildman–Crippen LogP) is 3.35. The molecular formula is C15H20ClN3O4. The quantitative estimate of drug-likeness (QED) is 0.673. The molecule has 0 aliphatic carbocycles. The van der Waals surface area contributed by atoms with Crippen molar-refractivity contribution in [1.29, 1.82) is 0 Å². The van der Waals surface area contributed by atoms with Gasteiger partial charge in [0, 0.05) is 25.2 Å². The molecule has 0 radical (unpaired) electrons. The van der Waals surface area contributed by atoms with E-state index in [9.17, 15) is 14.9 Å². The second-order valence-electron chi connectivity index (χ2n) is 6.47. The van der Waals surface area contributed by atoms with Crippen LogP contribution in [0.2, 0.25) is 5.02 Å². The van der Waals surface area contributed by atoms with Crippen LogP contribution in [0.5, 0.6) is 0 Å². The smallest absolute Gasteiger partial charge is 0.407 e. The van der Waals surface area contributed by atoms with E-state index >= 15 is 0 Å². The van der Waals surface area contributed by atoms with Gasteiger partial charge in [-0.25, -0.2) is 4.79 Å². The van der Waals surface area contributed by atoms with Crippen molar-refractivity contribution in [1.82, 2.24) is 5.32 Å². The molecule has 0 bridgehead atoms. The first kappa shape index (κ1) is 17.3. The number of nitrogens with zero attached hydrogens (tertiary/aromatic N) is 2. The summed E-state index contributed by atoms with van der Waals surface area (Å²) in [5.41, 5.74) is 0.150. The Hall–Kier alpha value is -2.02. The number of ether oxygens (including phenoxy) is 1. The van der Waals surface area contributed by atoms with Crippen LogP contribution in [0, 0.1) is 10.1 Å². The van der Waals surface area contributed by atoms with Gasteiger partial charge in [-0.2, -0.15) is 0 Å². The number of hydrogen-bond donors (Lipinski definition) is 1. The van der Waals surface area contributed by atoms with Crippen LogP contribution in [0.15, 0.2) is 18.2 Å². The van der Waals surface area contributed by atoms with Gasteiger partial charge in [-0.1, -0.05) is 11.6 Å². The van der Waals surface area contributed by atoms with Crippen LogP contribution < -0.4 is 10.2 Å². The highest BCUT2D eigenvalue weighted by molar-refractivity contribution is 6.33. The molecule has 1 amide bonds. The molecule has 0 saturated carbocycles. The van der Waals surface area contributed by atoms with Crippen LogP contribution >= 0.6 is 11.6 Å². The molecule has 0 unspecified atom stereocenters. The van der Waals surface area contributed by atoms with E-state index in [0.29, 0.717) is 18.1 Å². The molecule has 1 saturated heterocycles. The molecule has 1 aliphatic rings. The summed E-state index contributed by atoms with van der Waals surface area (Å²) < 4.78 is 5.24. The number of non-ortho nitro benzene ring substituents is 1. The van der Waals surface area contributed by atoms with Crippen LogP contribution in [-0.2, 0) is 4.74 Å². The van der Waals surface area contributed by atoms with Crippen molar-refractivity contribution in [2.45, 2.75) is 38.8 Å². The molecule has 1 atom stereocenters. The first-order chi connectivity index (χ1) is 10.7. The van der Waals surface area contributed by atoms with Crippen molar-refractivity contribution in [3.63, 3.8) is 0 Å². The number of nitrogens with one attached hydrogen (secondary N) is 1. The highest BCUT2D eigenvalue weighted by atomic mass is 35.5. The Morgan fingerprint density at radius 1 is 1.48 bits per heavy atom. The topological polar surface area (TPSA) is 84.7 Å². The van der Waals surface area contributed by atoms with Gasteiger partial charge < -0.3 is 15.0 Å². The van der Waals surface area contributed by atoms with Gasteiger partial charge in [-0.3, -0.25) is 10.1 Å². The van der Waals surface area contributed by atoms with E-state index in [1.165, 1.54) is 12.1 Å². The van der Waals surface area contributed by atoms with Gasteiger partial charge in [0.15, 0.2) is 0 Å². The van der Waals surface area contributed by atoms with Crippen LogP contribution in [0.25, 0.3) is 0 Å². The number of carbonyl (C=O) groups excluding carboxylic acids is 1. The van der Waals surface area contributed by atoms with E-state index in [-0.39, 0.29) is 11.7 Å². The van der Waals surface area contributed by atoms with Crippen molar-refractivity contribution in [2.75, 3.05) is 18.0 Å². The van der Waals surface area contributed by atoms with E-state index in [2.05, 4.69) is 5.32 Å². The standard InChI is InChI=1S/C15H20ClN3O4/c1-15(2,3)23-14(20)17-10-6-7-18(9-10)13-5-4-11(19(21)22)8-12(13)16/h4-5,8,10H,6-7,9H2,1-3H3,(H,17,20)/t10-/m0/s1. The summed E-state index contributed by atoms with van der Waals surface area (Å²) in [5, 5.41) is 13.9. The van der Waals surface area contributed by atoms with Crippen molar-refractivity contribution in [2.24, 2.45) is 0 Å². The maximum absolute atomic E-state index is 11.8. The number of anilines is 1. The number of carbonyl (C=O) groups is 1. The fraction of sp³-hybridized carbons (Fsp3) is 0.533. The number of alkyl carbamates (subject to hydrolysis) is 1. The number of benzene rings is 1. The lowest BCUT2D eigenvalue weighted by Crippen LogP contribution is -2.40. The molecule has 0 spiro atoms. The fourth-order valence-corrected chi connectivity index (χ4v) is 2.73. The van der Waals surface area contributed by atoms with Gasteiger partial charge in [0.2, 0.25) is 0 Å². The minimum Gasteiger partial charge on any atom is -0.444 e. The zero-order chi connectivity index (χ0) is 17.2. The summed E-state index contributed by atoms with van der Waals surface area (Å²) in [6.07, 6.45) is 0.311. The Balaban J connectivity index is 1.97. The maximum atomic E-state index is 11.8. The molecule has 1 heterocycles. The molecule has 1 fully saturated rings. The van der Waals surface area contributed by atoms with Gasteiger partial charge in [0.05, 0.1) is 21.7 Å². The van der Waals surface area contributed by atoms with E-state index in [0.717, 1.165) is 12.1 Å². The maximum Gasteiger partial charge on any atom is 0.407 e. The van der Waals surface area contributed by atoms with Crippen LogP contribution in [0.4, 0.5) is 16.2 Å². The summed E-state index contributed by atoms with van der Waals surface area (Å²) >= 11 is 6.14. The zero-order valence-corrected chi connectivity index (χ0v) is 14.1. The van der Waals surface area contributed by atoms with E-state index < -0.39 is 16.6 Å². The normalized spacial score (nSPS) is 17.9. The number of nitro benzene ring substituents is 1. The zero-order valence-electron chi connectivity index (χ0n) is 13.3. The van der Waals surface area contributed by atoms with Crippen molar-refractivity contribution in [3.05, 3.63) is 33.3 Å². The van der Waals surface area contributed by atoms with E-state index in [1.807, 2.05) is 25.7 Å². The average molecular weight is 342 g/mol. The minimum absolute atomic E-state index is 0.0404. The Morgan fingerprint density at radius 3 is 2.74 bits per heavy atom. The third kappa shape index (κ3) is 4.72. The molecule has 1 N–H and O–H groups in total. The molecule has 1 aromatic rings. The Kier molecular flexibility index (Phi) is 4.99. The van der Waals surface area contributed by atoms with Gasteiger partial charge in [0.1, 0.15) is 5.60 Å². The first-order valence-electron chi connectivity index (χ1n) is 7.34. The van der Waals surface area contributed by atoms with Gasteiger partial charge in [-0.05, 0) is 33.3 Å². The molecule has 126 valence electrons. The van der Waals surface area contributed by atoms with Gasteiger partial charge in [-0.15, -0.1) is 0 Å². The predicted molar refractivity (Wildman–Crippen MR) is 88.1 cm³/mol. The summed E-state index contributed by atoms with van der Waals surface area (Å²) in [5.74, 6) is 0. The summed E-state index contributed by atoms with van der Waals surface area (Å²) in [4.78, 5) is 24.1. The molecule has 1 aromatic carbocycles. The molecule has 7 nitrogen and oxygen atoms in total. The van der Waals surface area contributed by atoms with Crippen molar-refractivity contribution in [3.8, 4) is 0 Å². The Labute approximate surface area is 139 Å². The number of nitro groups is 1. The number of hydrogen-bond acceptors (Lipinski definition) is 5. The van der Waals surface area contributed by atoms with E-state index in [1.54, 1.807) is 6.07 Å². The van der Waals surface area contributed by atoms with Crippen molar-refractivity contribution >= 4 is 29.1 Å². The molecule has 2 rings (SSSR count). The SMILES string of the molecule is CC(C)(C)OC(=O)N[C@H]1CCN(c2ccc([N+](=O)[O-])cc2Cl)C1. The lowest BCUT2D eigenvalue weighted by Gasteiger charge is -2.22. The first-order valence-corrected chi connectivity index (χ1v) is 7.72. The van der Waals surface area contributed by atoms with Crippen LogP contribution in [0.3, 0.4) is 0 Å².